The zero-order valence-electron chi connectivity index (χ0n) is 13.4. The maximum absolute atomic E-state index is 10.5. The summed E-state index contributed by atoms with van der Waals surface area (Å²) in [6.45, 7) is 9.64. The molecule has 0 unspecified atom stereocenters. The van der Waals surface area contributed by atoms with E-state index < -0.39 is 0 Å². The molecular formula is C17H28N2O. The Morgan fingerprint density at radius 3 is 2.10 bits per heavy atom. The molecule has 20 heavy (non-hydrogen) atoms. The lowest BCUT2D eigenvalue weighted by atomic mass is 9.77. The number of hydroxylamine groups is 2. The molecule has 0 spiro atoms. The van der Waals surface area contributed by atoms with Gasteiger partial charge in [-0.25, -0.2) is 0 Å². The van der Waals surface area contributed by atoms with Gasteiger partial charge in [0.15, 0.2) is 0 Å². The Kier molecular flexibility index (Phi) is 4.24. The highest BCUT2D eigenvalue weighted by Crippen LogP contribution is 2.38. The Hall–Kier alpha value is -0.900. The van der Waals surface area contributed by atoms with Gasteiger partial charge in [-0.2, -0.15) is 5.06 Å². The van der Waals surface area contributed by atoms with Gasteiger partial charge in [0.25, 0.3) is 0 Å². The molecule has 0 bridgehead atoms. The van der Waals surface area contributed by atoms with Crippen molar-refractivity contribution in [3.05, 3.63) is 35.9 Å². The maximum atomic E-state index is 10.5. The lowest BCUT2D eigenvalue weighted by Crippen LogP contribution is -2.62. The van der Waals surface area contributed by atoms with Crippen LogP contribution in [0, 0.1) is 0 Å². The molecule has 1 aromatic carbocycles. The van der Waals surface area contributed by atoms with Gasteiger partial charge < -0.3 is 5.21 Å². The molecule has 0 amide bonds. The third kappa shape index (κ3) is 3.22. The second kappa shape index (κ2) is 5.47. The van der Waals surface area contributed by atoms with Gasteiger partial charge >= 0.3 is 0 Å². The largest absolute Gasteiger partial charge is 0.313 e. The van der Waals surface area contributed by atoms with E-state index in [0.29, 0.717) is 6.54 Å². The molecule has 0 atom stereocenters. The van der Waals surface area contributed by atoms with Crippen LogP contribution in [-0.4, -0.2) is 39.3 Å². The van der Waals surface area contributed by atoms with Gasteiger partial charge in [-0.05, 0) is 53.1 Å². The van der Waals surface area contributed by atoms with Crippen molar-refractivity contribution >= 4 is 0 Å². The first-order valence-electron chi connectivity index (χ1n) is 7.46. The van der Waals surface area contributed by atoms with Crippen LogP contribution in [0.5, 0.6) is 0 Å². The van der Waals surface area contributed by atoms with Crippen LogP contribution in [0.4, 0.5) is 0 Å². The van der Waals surface area contributed by atoms with E-state index in [0.717, 1.165) is 18.4 Å². The topological polar surface area (TPSA) is 26.7 Å². The van der Waals surface area contributed by atoms with Gasteiger partial charge in [0.2, 0.25) is 0 Å². The highest BCUT2D eigenvalue weighted by Gasteiger charge is 2.44. The first kappa shape index (κ1) is 15.5. The highest BCUT2D eigenvalue weighted by molar-refractivity contribution is 5.14. The Morgan fingerprint density at radius 1 is 1.10 bits per heavy atom. The predicted octanol–water partition coefficient (Wildman–Crippen LogP) is 3.53. The van der Waals surface area contributed by atoms with E-state index >= 15 is 0 Å². The first-order valence-corrected chi connectivity index (χ1v) is 7.46. The molecule has 1 heterocycles. The van der Waals surface area contributed by atoms with Crippen LogP contribution in [0.25, 0.3) is 0 Å². The smallest absolute Gasteiger partial charge is 0.0491 e. The van der Waals surface area contributed by atoms with E-state index in [2.05, 4.69) is 51.8 Å². The molecule has 0 radical (unpaired) electrons. The molecule has 1 aliphatic heterocycles. The van der Waals surface area contributed by atoms with Gasteiger partial charge in [-0.1, -0.05) is 30.3 Å². The van der Waals surface area contributed by atoms with Crippen LogP contribution in [0.15, 0.2) is 30.3 Å². The van der Waals surface area contributed by atoms with Gasteiger partial charge in [0.05, 0.1) is 0 Å². The van der Waals surface area contributed by atoms with Crippen molar-refractivity contribution in [3.63, 3.8) is 0 Å². The SMILES string of the molecule is CN1C(C)(C)CC(N(O)Cc2ccccc2)CC1(C)C. The van der Waals surface area contributed by atoms with Crippen molar-refractivity contribution in [3.8, 4) is 0 Å². The van der Waals surface area contributed by atoms with Gasteiger partial charge in [-0.15, -0.1) is 0 Å². The molecule has 2 rings (SSSR count). The Bertz CT molecular complexity index is 424. The standard InChI is InChI=1S/C17H28N2O/c1-16(2)11-15(12-17(3,4)18(16)5)19(20)13-14-9-7-6-8-10-14/h6-10,15,20H,11-13H2,1-5H3. The fraction of sp³-hybridized carbons (Fsp3) is 0.647. The van der Waals surface area contributed by atoms with E-state index in [9.17, 15) is 5.21 Å². The normalized spacial score (nSPS) is 23.1. The zero-order chi connectivity index (χ0) is 15.0. The van der Waals surface area contributed by atoms with Crippen LogP contribution < -0.4 is 0 Å². The van der Waals surface area contributed by atoms with Crippen molar-refractivity contribution in [2.45, 2.75) is 64.2 Å². The molecule has 0 aliphatic carbocycles. The average molecular weight is 276 g/mol. The molecule has 112 valence electrons. The van der Waals surface area contributed by atoms with E-state index in [1.165, 1.54) is 5.06 Å². The highest BCUT2D eigenvalue weighted by atomic mass is 16.5. The van der Waals surface area contributed by atoms with Gasteiger partial charge in [-0.3, -0.25) is 4.90 Å². The van der Waals surface area contributed by atoms with Crippen molar-refractivity contribution in [2.24, 2.45) is 0 Å². The fourth-order valence-electron chi connectivity index (χ4n) is 3.43. The number of piperidine rings is 1. The molecular weight excluding hydrogens is 248 g/mol. The molecule has 0 saturated carbocycles. The minimum atomic E-state index is 0.101. The van der Waals surface area contributed by atoms with Crippen LogP contribution in [0.1, 0.15) is 46.1 Å². The van der Waals surface area contributed by atoms with Crippen molar-refractivity contribution < 1.29 is 5.21 Å². The molecule has 1 fully saturated rings. The Labute approximate surface area is 123 Å². The summed E-state index contributed by atoms with van der Waals surface area (Å²) in [7, 11) is 2.19. The third-order valence-electron chi connectivity index (χ3n) is 4.90. The Morgan fingerprint density at radius 2 is 1.60 bits per heavy atom. The Balaban J connectivity index is 2.09. The molecule has 3 nitrogen and oxygen atoms in total. The summed E-state index contributed by atoms with van der Waals surface area (Å²) in [5, 5.41) is 12.0. The molecule has 1 aliphatic rings. The summed E-state index contributed by atoms with van der Waals surface area (Å²) in [6.07, 6.45) is 1.96. The molecule has 1 N–H and O–H groups in total. The van der Waals surface area contributed by atoms with Crippen LogP contribution in [0.2, 0.25) is 0 Å². The number of likely N-dealkylation sites (tertiary alicyclic amines) is 1. The number of rotatable bonds is 3. The zero-order valence-corrected chi connectivity index (χ0v) is 13.4. The summed E-state index contributed by atoms with van der Waals surface area (Å²) in [5.41, 5.74) is 1.36. The summed E-state index contributed by atoms with van der Waals surface area (Å²) < 4.78 is 0. The molecule has 3 heteroatoms. The van der Waals surface area contributed by atoms with Crippen LogP contribution in [-0.2, 0) is 6.54 Å². The average Bonchev–Trinajstić information content (AvgIpc) is 2.36. The van der Waals surface area contributed by atoms with Crippen LogP contribution in [0.3, 0.4) is 0 Å². The van der Waals surface area contributed by atoms with Crippen LogP contribution >= 0.6 is 0 Å². The third-order valence-corrected chi connectivity index (χ3v) is 4.90. The van der Waals surface area contributed by atoms with Gasteiger partial charge in [0, 0.05) is 23.7 Å². The monoisotopic (exact) mass is 276 g/mol. The number of benzene rings is 1. The second-order valence-electron chi connectivity index (χ2n) is 7.33. The van der Waals surface area contributed by atoms with Crippen molar-refractivity contribution in [1.29, 1.82) is 0 Å². The minimum absolute atomic E-state index is 0.101. The summed E-state index contributed by atoms with van der Waals surface area (Å²) in [4.78, 5) is 2.44. The van der Waals surface area contributed by atoms with Crippen molar-refractivity contribution in [1.82, 2.24) is 9.96 Å². The molecule has 0 aromatic heterocycles. The van der Waals surface area contributed by atoms with E-state index in [-0.39, 0.29) is 17.1 Å². The quantitative estimate of drug-likeness (QED) is 0.856. The predicted molar refractivity (Wildman–Crippen MR) is 82.7 cm³/mol. The lowest BCUT2D eigenvalue weighted by molar-refractivity contribution is -0.175. The number of nitrogens with zero attached hydrogens (tertiary/aromatic N) is 2. The maximum Gasteiger partial charge on any atom is 0.0491 e. The number of hydrogen-bond donors (Lipinski definition) is 1. The van der Waals surface area contributed by atoms with Gasteiger partial charge in [0.1, 0.15) is 0 Å². The summed E-state index contributed by atoms with van der Waals surface area (Å²) in [6, 6.07) is 10.4. The molecule has 1 saturated heterocycles. The summed E-state index contributed by atoms with van der Waals surface area (Å²) >= 11 is 0. The minimum Gasteiger partial charge on any atom is -0.313 e. The van der Waals surface area contributed by atoms with E-state index in [1.807, 2.05) is 18.2 Å². The van der Waals surface area contributed by atoms with Crippen molar-refractivity contribution in [2.75, 3.05) is 7.05 Å². The number of hydrogen-bond acceptors (Lipinski definition) is 3. The first-order chi connectivity index (χ1) is 9.22. The lowest BCUT2D eigenvalue weighted by Gasteiger charge is -2.54. The van der Waals surface area contributed by atoms with E-state index in [1.54, 1.807) is 0 Å². The van der Waals surface area contributed by atoms with E-state index in [4.69, 9.17) is 0 Å². The molecule has 1 aromatic rings. The second-order valence-corrected chi connectivity index (χ2v) is 7.33. The fourth-order valence-corrected chi connectivity index (χ4v) is 3.43. The summed E-state index contributed by atoms with van der Waals surface area (Å²) in [5.74, 6) is 0.